The highest BCUT2D eigenvalue weighted by atomic mass is 35.5. The van der Waals surface area contributed by atoms with Crippen molar-refractivity contribution in [3.63, 3.8) is 0 Å². The van der Waals surface area contributed by atoms with Gasteiger partial charge in [-0.15, -0.1) is 0 Å². The fourth-order valence-corrected chi connectivity index (χ4v) is 2.13. The van der Waals surface area contributed by atoms with E-state index in [9.17, 15) is 0 Å². The van der Waals surface area contributed by atoms with Crippen LogP contribution in [0.25, 0.3) is 0 Å². The second-order valence-electron chi connectivity index (χ2n) is 4.34. The molecule has 4 nitrogen and oxygen atoms in total. The molecule has 0 saturated heterocycles. The van der Waals surface area contributed by atoms with Crippen molar-refractivity contribution in [3.05, 3.63) is 23.0 Å². The van der Waals surface area contributed by atoms with Crippen molar-refractivity contribution in [2.24, 2.45) is 0 Å². The smallest absolute Gasteiger partial charge is 0.131 e. The molecule has 1 N–H and O–H groups in total. The molecular formula is C11H14ClN3O. The minimum atomic E-state index is -0.342. The second kappa shape index (κ2) is 3.71. The first-order valence-corrected chi connectivity index (χ1v) is 5.38. The van der Waals surface area contributed by atoms with Gasteiger partial charge in [-0.25, -0.2) is 4.98 Å². The molecule has 16 heavy (non-hydrogen) atoms. The predicted octanol–water partition coefficient (Wildman–Crippen LogP) is 2.41. The first-order chi connectivity index (χ1) is 7.48. The van der Waals surface area contributed by atoms with Gasteiger partial charge < -0.3 is 9.64 Å². The van der Waals surface area contributed by atoms with Gasteiger partial charge in [0, 0.05) is 18.9 Å². The van der Waals surface area contributed by atoms with Crippen LogP contribution in [-0.2, 0) is 10.2 Å². The van der Waals surface area contributed by atoms with Crippen molar-refractivity contribution >= 4 is 23.1 Å². The summed E-state index contributed by atoms with van der Waals surface area (Å²) >= 11 is 5.88. The number of fused-ring (bicyclic) bond motifs is 1. The molecule has 1 aromatic heterocycles. The summed E-state index contributed by atoms with van der Waals surface area (Å²) in [7, 11) is 1.61. The summed E-state index contributed by atoms with van der Waals surface area (Å²) in [6.07, 6.45) is 1.74. The Morgan fingerprint density at radius 2 is 2.25 bits per heavy atom. The summed E-state index contributed by atoms with van der Waals surface area (Å²) in [4.78, 5) is 5.89. The number of methoxy groups -OCH3 is 1. The lowest BCUT2D eigenvalue weighted by atomic mass is 9.87. The monoisotopic (exact) mass is 239 g/mol. The molecule has 0 bridgehead atoms. The van der Waals surface area contributed by atoms with E-state index in [0.717, 1.165) is 11.3 Å². The van der Waals surface area contributed by atoms with Gasteiger partial charge in [-0.3, -0.25) is 5.41 Å². The number of aromatic nitrogens is 1. The second-order valence-corrected chi connectivity index (χ2v) is 4.73. The van der Waals surface area contributed by atoms with Crippen molar-refractivity contribution in [2.45, 2.75) is 19.3 Å². The van der Waals surface area contributed by atoms with Crippen molar-refractivity contribution in [1.29, 1.82) is 5.41 Å². The van der Waals surface area contributed by atoms with Gasteiger partial charge >= 0.3 is 0 Å². The minimum absolute atomic E-state index is 0.342. The highest BCUT2D eigenvalue weighted by molar-refractivity contribution is 6.30. The number of nitrogens with zero attached hydrogens (tertiary/aromatic N) is 2. The lowest BCUT2D eigenvalue weighted by Crippen LogP contribution is -2.36. The maximum Gasteiger partial charge on any atom is 0.131 e. The standard InChI is InChI=1S/C11H14ClN3O/c1-11(2)7-5-14-9(12)4-8(7)15(6-16-3)10(11)13/h4-5,13H,6H2,1-3H3. The summed E-state index contributed by atoms with van der Waals surface area (Å²) in [5, 5.41) is 8.58. The summed E-state index contributed by atoms with van der Waals surface area (Å²) in [5.41, 5.74) is 1.58. The Morgan fingerprint density at radius 1 is 1.56 bits per heavy atom. The van der Waals surface area contributed by atoms with Gasteiger partial charge in [0.1, 0.15) is 17.7 Å². The molecule has 5 heteroatoms. The van der Waals surface area contributed by atoms with Crippen LogP contribution in [0.4, 0.5) is 5.69 Å². The Labute approximate surface area is 99.7 Å². The molecule has 0 radical (unpaired) electrons. The van der Waals surface area contributed by atoms with E-state index in [1.54, 1.807) is 19.4 Å². The van der Waals surface area contributed by atoms with Crippen LogP contribution >= 0.6 is 11.6 Å². The van der Waals surface area contributed by atoms with E-state index in [0.29, 0.717) is 17.7 Å². The minimum Gasteiger partial charge on any atom is -0.364 e. The molecule has 2 rings (SSSR count). The van der Waals surface area contributed by atoms with Crippen LogP contribution in [0.2, 0.25) is 5.15 Å². The lowest BCUT2D eigenvalue weighted by molar-refractivity contribution is 0.208. The van der Waals surface area contributed by atoms with Gasteiger partial charge in [-0.05, 0) is 19.9 Å². The third-order valence-corrected chi connectivity index (χ3v) is 3.14. The van der Waals surface area contributed by atoms with Gasteiger partial charge in [0.15, 0.2) is 0 Å². The van der Waals surface area contributed by atoms with Crippen LogP contribution in [-0.4, -0.2) is 24.7 Å². The summed E-state index contributed by atoms with van der Waals surface area (Å²) in [6.45, 7) is 4.36. The van der Waals surface area contributed by atoms with Gasteiger partial charge in [0.05, 0.1) is 11.1 Å². The van der Waals surface area contributed by atoms with Gasteiger partial charge in [0.25, 0.3) is 0 Å². The molecular weight excluding hydrogens is 226 g/mol. The zero-order chi connectivity index (χ0) is 11.9. The van der Waals surface area contributed by atoms with Crippen LogP contribution in [0.1, 0.15) is 19.4 Å². The predicted molar refractivity (Wildman–Crippen MR) is 64.4 cm³/mol. The first kappa shape index (κ1) is 11.4. The Hall–Kier alpha value is -1.13. The molecule has 0 fully saturated rings. The van der Waals surface area contributed by atoms with Gasteiger partial charge in [0.2, 0.25) is 0 Å². The normalized spacial score (nSPS) is 17.8. The highest BCUT2D eigenvalue weighted by Crippen LogP contribution is 2.41. The number of hydrogen-bond acceptors (Lipinski definition) is 3. The molecule has 86 valence electrons. The number of hydrogen-bond donors (Lipinski definition) is 1. The number of rotatable bonds is 2. The van der Waals surface area contributed by atoms with Gasteiger partial charge in [-0.1, -0.05) is 11.6 Å². The third kappa shape index (κ3) is 1.49. The molecule has 1 aliphatic rings. The molecule has 0 atom stereocenters. The van der Waals surface area contributed by atoms with Crippen molar-refractivity contribution in [2.75, 3.05) is 18.7 Å². The van der Waals surface area contributed by atoms with Crippen LogP contribution in [0.15, 0.2) is 12.3 Å². The molecule has 0 amide bonds. The van der Waals surface area contributed by atoms with E-state index < -0.39 is 0 Å². The van der Waals surface area contributed by atoms with Crippen LogP contribution in [0.3, 0.4) is 0 Å². The van der Waals surface area contributed by atoms with Gasteiger partial charge in [-0.2, -0.15) is 0 Å². The number of amidine groups is 1. The van der Waals surface area contributed by atoms with Crippen molar-refractivity contribution < 1.29 is 4.74 Å². The van der Waals surface area contributed by atoms with Crippen LogP contribution in [0.5, 0.6) is 0 Å². The zero-order valence-corrected chi connectivity index (χ0v) is 10.3. The molecule has 1 aromatic rings. The molecule has 2 heterocycles. The average molecular weight is 240 g/mol. The SMILES string of the molecule is COCN1C(=N)C(C)(C)c2cnc(Cl)cc21. The van der Waals surface area contributed by atoms with Crippen molar-refractivity contribution in [1.82, 2.24) is 4.98 Å². The molecule has 0 aliphatic carbocycles. The molecule has 0 saturated carbocycles. The summed E-state index contributed by atoms with van der Waals surface area (Å²) < 4.78 is 5.11. The lowest BCUT2D eigenvalue weighted by Gasteiger charge is -2.22. The van der Waals surface area contributed by atoms with E-state index in [2.05, 4.69) is 4.98 Å². The number of nitrogens with one attached hydrogen (secondary N) is 1. The Kier molecular flexibility index (Phi) is 2.64. The quantitative estimate of drug-likeness (QED) is 0.807. The van der Waals surface area contributed by atoms with E-state index >= 15 is 0 Å². The van der Waals surface area contributed by atoms with E-state index in [-0.39, 0.29) is 5.41 Å². The van der Waals surface area contributed by atoms with E-state index in [4.69, 9.17) is 21.7 Å². The molecule has 0 spiro atoms. The average Bonchev–Trinajstić information content (AvgIpc) is 2.40. The molecule has 0 aromatic carbocycles. The van der Waals surface area contributed by atoms with Crippen molar-refractivity contribution in [3.8, 4) is 0 Å². The number of pyridine rings is 1. The van der Waals surface area contributed by atoms with Crippen LogP contribution < -0.4 is 4.90 Å². The number of halogens is 1. The maximum atomic E-state index is 8.14. The Morgan fingerprint density at radius 3 is 2.88 bits per heavy atom. The largest absolute Gasteiger partial charge is 0.364 e. The molecule has 0 unspecified atom stereocenters. The Bertz CT molecular complexity index is 445. The van der Waals surface area contributed by atoms with Crippen LogP contribution in [0, 0.1) is 5.41 Å². The fraction of sp³-hybridized carbons (Fsp3) is 0.455. The highest BCUT2D eigenvalue weighted by Gasteiger charge is 2.41. The fourth-order valence-electron chi connectivity index (χ4n) is 1.97. The maximum absolute atomic E-state index is 8.14. The number of anilines is 1. The Balaban J connectivity index is 2.56. The zero-order valence-electron chi connectivity index (χ0n) is 9.54. The topological polar surface area (TPSA) is 49.2 Å². The third-order valence-electron chi connectivity index (χ3n) is 2.93. The summed E-state index contributed by atoms with van der Waals surface area (Å²) in [5.74, 6) is 0.508. The summed E-state index contributed by atoms with van der Waals surface area (Å²) in [6, 6.07) is 1.78. The van der Waals surface area contributed by atoms with E-state index in [1.807, 2.05) is 18.7 Å². The molecule has 1 aliphatic heterocycles. The number of ether oxygens (including phenoxy) is 1. The van der Waals surface area contributed by atoms with E-state index in [1.165, 1.54) is 0 Å². The first-order valence-electron chi connectivity index (χ1n) is 5.00.